The lowest BCUT2D eigenvalue weighted by molar-refractivity contribution is -0.510. The van der Waals surface area contributed by atoms with Crippen LogP contribution < -0.4 is 50.1 Å². The second kappa shape index (κ2) is 40.3. The van der Waals surface area contributed by atoms with Gasteiger partial charge in [-0.1, -0.05) is 0 Å². The molecule has 0 saturated carbocycles. The fourth-order valence-electron chi connectivity index (χ4n) is 13.9. The zero-order valence-corrected chi connectivity index (χ0v) is 69.4. The average Bonchev–Trinajstić information content (AvgIpc) is 1.65. The van der Waals surface area contributed by atoms with Crippen molar-refractivity contribution in [3.05, 3.63) is 187 Å². The summed E-state index contributed by atoms with van der Waals surface area (Å²) in [6.07, 6.45) is 2.55. The van der Waals surface area contributed by atoms with Gasteiger partial charge in [0.05, 0.1) is 107 Å². The third kappa shape index (κ3) is 21.2. The Morgan fingerprint density at radius 3 is 1.24 bits per heavy atom. The molecule has 0 radical (unpaired) electrons. The van der Waals surface area contributed by atoms with Crippen molar-refractivity contribution in [2.45, 2.75) is 84.1 Å². The first-order chi connectivity index (χ1) is 57.5. The Morgan fingerprint density at radius 2 is 0.850 bits per heavy atom. The van der Waals surface area contributed by atoms with E-state index in [2.05, 4.69) is 45.9 Å². The van der Waals surface area contributed by atoms with Crippen molar-refractivity contribution < 1.29 is 104 Å². The molecule has 3 aliphatic rings. The molecule has 35 nitrogen and oxygen atoms in total. The molecule has 120 heavy (non-hydrogen) atoms. The molecule has 4 atom stereocenters. The van der Waals surface area contributed by atoms with E-state index >= 15 is 0 Å². The lowest BCUT2D eigenvalue weighted by atomic mass is 9.98. The number of aliphatic hydroxyl groups excluding tert-OH is 1. The van der Waals surface area contributed by atoms with Crippen molar-refractivity contribution in [2.75, 3.05) is 109 Å². The van der Waals surface area contributed by atoms with Gasteiger partial charge in [-0.2, -0.15) is 8.42 Å². The number of nitrogens with two attached hydrogens (primary N) is 1. The van der Waals surface area contributed by atoms with E-state index in [9.17, 15) is 57.2 Å². The number of H-pyrrole nitrogens is 6. The number of aliphatic hydroxyl groups is 1. The smallest absolute Gasteiger partial charge is 0.382 e. The molecule has 0 saturated heterocycles. The van der Waals surface area contributed by atoms with Crippen LogP contribution >= 0.6 is 0 Å². The van der Waals surface area contributed by atoms with Crippen molar-refractivity contribution in [1.29, 1.82) is 0 Å². The first-order valence-electron chi connectivity index (χ1n) is 38.2. The number of nitrogens with zero attached hydrogens (tertiary/aromatic N) is 2. The summed E-state index contributed by atoms with van der Waals surface area (Å²) < 4.78 is 78.0. The number of hydrogen-bond acceptors (Lipinski definition) is 25. The topological polar surface area (TPSA) is 479 Å². The maximum absolute atomic E-state index is 12.3. The van der Waals surface area contributed by atoms with Crippen LogP contribution in [0.4, 0.5) is 0 Å². The number of aromatic nitrogens is 6. The van der Waals surface area contributed by atoms with Crippen LogP contribution in [-0.2, 0) is 70.3 Å². The Bertz CT molecular complexity index is 5750. The number of carbonyl (C=O) groups is 7. The summed E-state index contributed by atoms with van der Waals surface area (Å²) in [6, 6.07) is 32.8. The summed E-state index contributed by atoms with van der Waals surface area (Å²) >= 11 is 0. The van der Waals surface area contributed by atoms with Gasteiger partial charge in [0.1, 0.15) is 68.7 Å². The van der Waals surface area contributed by atoms with Crippen LogP contribution in [0.15, 0.2) is 115 Å². The molecule has 3 aliphatic heterocycles. The van der Waals surface area contributed by atoms with Gasteiger partial charge in [0.2, 0.25) is 0 Å². The molecule has 12 N–H and O–H groups in total. The zero-order valence-electron chi connectivity index (χ0n) is 68.6. The van der Waals surface area contributed by atoms with E-state index in [4.69, 9.17) is 57.3 Å². The maximum Gasteiger partial charge on any atom is 0.382 e. The van der Waals surface area contributed by atoms with Gasteiger partial charge in [-0.05, 0) is 199 Å². The van der Waals surface area contributed by atoms with Gasteiger partial charge in [-0.25, -0.2) is 19.2 Å². The second-order valence-corrected chi connectivity index (χ2v) is 29.4. The summed E-state index contributed by atoms with van der Waals surface area (Å²) in [5.74, 6) is 1.53. The molecule has 0 aliphatic carbocycles. The molecule has 15 rings (SSSR count). The Balaban J connectivity index is 0.000000152. The minimum atomic E-state index is -3.54. The molecular weight excluding hydrogens is 1580 g/mol. The van der Waals surface area contributed by atoms with Crippen LogP contribution in [0.1, 0.15) is 118 Å². The fourth-order valence-corrected chi connectivity index (χ4v) is 14.3. The fraction of sp³-hybridized carbons (Fsp3) is 0.345. The summed E-state index contributed by atoms with van der Waals surface area (Å²) in [6.45, 7) is 8.67. The van der Waals surface area contributed by atoms with Crippen molar-refractivity contribution in [2.24, 2.45) is 5.73 Å². The third-order valence-corrected chi connectivity index (χ3v) is 20.1. The average molecular weight is 1680 g/mol. The number of fused-ring (bicyclic) bond motifs is 12. The monoisotopic (exact) mass is 1670 g/mol. The van der Waals surface area contributed by atoms with E-state index < -0.39 is 33.0 Å². The molecule has 0 bridgehead atoms. The summed E-state index contributed by atoms with van der Waals surface area (Å²) in [7, 11) is 9.95. The third-order valence-electron chi connectivity index (χ3n) is 19.6. The van der Waals surface area contributed by atoms with Crippen LogP contribution in [0.5, 0.6) is 34.5 Å². The second-order valence-electron chi connectivity index (χ2n) is 27.8. The Labute approximate surface area is 689 Å². The lowest BCUT2D eigenvalue weighted by Crippen LogP contribution is -2.45. The maximum atomic E-state index is 12.3. The highest BCUT2D eigenvalue weighted by Gasteiger charge is 2.36. The van der Waals surface area contributed by atoms with E-state index in [0.29, 0.717) is 95.6 Å². The predicted octanol–water partition coefficient (Wildman–Crippen LogP) is 9.29. The number of nitrogens with one attached hydrogen (secondary N) is 9. The van der Waals surface area contributed by atoms with E-state index in [1.54, 1.807) is 87.5 Å². The Hall–Kier alpha value is -13.2. The van der Waals surface area contributed by atoms with Gasteiger partial charge in [0.25, 0.3) is 27.8 Å². The minimum Gasteiger partial charge on any atom is -0.497 e. The zero-order chi connectivity index (χ0) is 86.8. The van der Waals surface area contributed by atoms with E-state index in [0.717, 1.165) is 112 Å². The summed E-state index contributed by atoms with van der Waals surface area (Å²) in [4.78, 5) is 115. The van der Waals surface area contributed by atoms with E-state index in [-0.39, 0.29) is 86.3 Å². The van der Waals surface area contributed by atoms with Crippen LogP contribution in [0, 0.1) is 10.1 Å². The van der Waals surface area contributed by atoms with Gasteiger partial charge < -0.3 is 109 Å². The number of methoxy groups -OCH3 is 6. The number of carbonyl (C=O) groups excluding carboxylic acids is 7. The number of nitro groups is 1. The van der Waals surface area contributed by atoms with Crippen LogP contribution in [-0.4, -0.2) is 228 Å². The van der Waals surface area contributed by atoms with Gasteiger partial charge in [0.15, 0.2) is 0 Å². The molecule has 9 heterocycles. The molecule has 0 spiro atoms. The number of hydrogen-bond donors (Lipinski definition) is 11. The highest BCUT2D eigenvalue weighted by Crippen LogP contribution is 2.35. The van der Waals surface area contributed by atoms with Crippen LogP contribution in [0.2, 0.25) is 0 Å². The van der Waals surface area contributed by atoms with Gasteiger partial charge in [-0.3, -0.25) is 28.7 Å². The van der Waals surface area contributed by atoms with Crippen molar-refractivity contribution in [1.82, 2.24) is 50.8 Å². The van der Waals surface area contributed by atoms with Gasteiger partial charge in [0, 0.05) is 95.0 Å². The van der Waals surface area contributed by atoms with Crippen molar-refractivity contribution in [3.8, 4) is 34.5 Å². The first-order valence-corrected chi connectivity index (χ1v) is 40.0. The van der Waals surface area contributed by atoms with Crippen LogP contribution in [0.3, 0.4) is 0 Å². The summed E-state index contributed by atoms with van der Waals surface area (Å²) in [5.41, 5.74) is 17.6. The normalized spacial score (nSPS) is 14.7. The molecular formula is C84H98N12O23S. The molecule has 3 amide bonds. The minimum absolute atomic E-state index is 0.00945. The standard InChI is InChI=1S/C17H20N2O7.C15H20N2O3.C14H16N2O5S.C13H15N3O2.C13H14N2O3.C12H13NO3/c1-4-25-16(20)14(19(22)23)9-12-11-8-10(24-3)6-7-13(11)18-15(12)17(21)26-5-2;1-5-20-15(18)14-12(9-17(2)3)11-8-10(19-4)6-7-13(11)16-14;1-20-9-3-4-12-10(6-9)11-5-8(7-21-22(2,18)19)15-14(17)13(11)16-12;1-18-8-2-3-11-9(5-8)10-4-7(6-14)15-13(17)12(10)16-11;1-18-8-2-3-11-9(5-8)10-4-7(6-16)14-13(17)12(10)15-11;1-3-16-12(14)11-7-8-6-9(15-2)4-5-10(8)13-11/h6-8,14,18H,4-5,9H2,1-3H3;6-8,16H,5,9H2,1-4H3;3-4,6,8,16H,5,7H2,1-2H3,(H,15,17);2-3,5,7,16H,4,6,14H2,1H3,(H,15,17);2-3,5,7,15-16H,4,6H2,1H3,(H,14,17);4-7,13H,3H2,1-2H3. The number of aromatic amines is 6. The number of ether oxygens (including phenoxy) is 10. The number of amides is 3. The lowest BCUT2D eigenvalue weighted by Gasteiger charge is -2.23. The number of rotatable bonds is 24. The number of esters is 4. The Morgan fingerprint density at radius 1 is 0.492 bits per heavy atom. The molecule has 6 aromatic carbocycles. The molecule has 638 valence electrons. The highest BCUT2D eigenvalue weighted by atomic mass is 32.2. The van der Waals surface area contributed by atoms with Crippen molar-refractivity contribution >= 4 is 117 Å². The molecule has 0 fully saturated rings. The van der Waals surface area contributed by atoms with Gasteiger partial charge in [-0.15, -0.1) is 0 Å². The Kier molecular flexibility index (Phi) is 30.0. The molecule has 36 heteroatoms. The highest BCUT2D eigenvalue weighted by molar-refractivity contribution is 7.86. The molecule has 4 unspecified atom stereocenters. The van der Waals surface area contributed by atoms with Crippen molar-refractivity contribution in [3.63, 3.8) is 0 Å². The molecule has 6 aromatic heterocycles. The largest absolute Gasteiger partial charge is 0.497 e. The quantitative estimate of drug-likeness (QED) is 0.00882. The number of benzene rings is 6. The molecule has 12 aromatic rings. The van der Waals surface area contributed by atoms with E-state index in [1.807, 2.05) is 110 Å². The van der Waals surface area contributed by atoms with E-state index in [1.165, 1.54) is 7.11 Å². The predicted molar refractivity (Wildman–Crippen MR) is 447 cm³/mol. The summed E-state index contributed by atoms with van der Waals surface area (Å²) in [5, 5.41) is 34.3. The van der Waals surface area contributed by atoms with Gasteiger partial charge >= 0.3 is 29.9 Å². The van der Waals surface area contributed by atoms with Crippen LogP contribution in [0.25, 0.3) is 65.4 Å². The SMILES string of the molecule is CCOC(=O)c1[nH]c2ccc(OC)cc2c1CC(C(=O)OCC)[N+](=O)[O-].CCOC(=O)c1[nH]c2ccc(OC)cc2c1CN(C)C.CCOC(=O)c1cc2cc(OC)ccc2[nH]1.COc1ccc2[nH]c3c(c2c1)CC(CN)NC3=O.COc1ccc2[nH]c3c(c2c1)CC(CO)NC3=O.COc1ccc2[nH]c3c(c2c1)CC(COS(C)(=O)=O)NC3=O. The first kappa shape index (κ1) is 89.2.